The predicted molar refractivity (Wildman–Crippen MR) is 161 cm³/mol. The molecule has 3 amide bonds. The van der Waals surface area contributed by atoms with Crippen LogP contribution in [0.2, 0.25) is 0 Å². The molecule has 2 aromatic carbocycles. The van der Waals surface area contributed by atoms with Crippen LogP contribution >= 0.6 is 0 Å². The minimum atomic E-state index is -0.985. The van der Waals surface area contributed by atoms with E-state index >= 15 is 0 Å². The topological polar surface area (TPSA) is 134 Å². The summed E-state index contributed by atoms with van der Waals surface area (Å²) in [5, 5.41) is 13.7. The van der Waals surface area contributed by atoms with E-state index in [1.807, 2.05) is 27.7 Å². The third-order valence-electron chi connectivity index (χ3n) is 8.08. The molecule has 2 N–H and O–H groups in total. The first kappa shape index (κ1) is 32.5. The maximum absolute atomic E-state index is 13.7. The van der Waals surface area contributed by atoms with Gasteiger partial charge >= 0.3 is 0 Å². The van der Waals surface area contributed by atoms with Crippen molar-refractivity contribution in [3.63, 3.8) is 0 Å². The highest BCUT2D eigenvalue weighted by molar-refractivity contribution is 6.01. The second kappa shape index (κ2) is 13.5. The Balaban J connectivity index is 1.48. The van der Waals surface area contributed by atoms with Crippen molar-refractivity contribution in [1.82, 2.24) is 25.7 Å². The van der Waals surface area contributed by atoms with Gasteiger partial charge in [-0.3, -0.25) is 19.2 Å². The normalized spacial score (nSPS) is 16.6. The first-order chi connectivity index (χ1) is 20.8. The Morgan fingerprint density at radius 1 is 0.909 bits per heavy atom. The summed E-state index contributed by atoms with van der Waals surface area (Å²) >= 11 is 0. The largest absolute Gasteiger partial charge is 0.417 e. The molecule has 44 heavy (non-hydrogen) atoms. The number of carbonyl (C=O) groups is 4. The van der Waals surface area contributed by atoms with Crippen molar-refractivity contribution in [3.05, 3.63) is 83.3 Å². The molecule has 4 rings (SSSR count). The van der Waals surface area contributed by atoms with Gasteiger partial charge in [-0.15, -0.1) is 10.2 Å². The lowest BCUT2D eigenvalue weighted by Gasteiger charge is -2.31. The molecule has 3 aromatic rings. The lowest BCUT2D eigenvalue weighted by atomic mass is 9.84. The molecule has 10 nitrogen and oxygen atoms in total. The molecule has 2 heterocycles. The summed E-state index contributed by atoms with van der Waals surface area (Å²) in [7, 11) is 0. The summed E-state index contributed by atoms with van der Waals surface area (Å²) in [5.74, 6) is -2.74. The fourth-order valence-corrected chi connectivity index (χ4v) is 5.29. The van der Waals surface area contributed by atoms with E-state index in [0.29, 0.717) is 24.9 Å². The zero-order valence-corrected chi connectivity index (χ0v) is 26.0. The minimum absolute atomic E-state index is 0.172. The number of benzene rings is 2. The van der Waals surface area contributed by atoms with Crippen LogP contribution in [-0.2, 0) is 15.0 Å². The third-order valence-corrected chi connectivity index (χ3v) is 8.08. The van der Waals surface area contributed by atoms with E-state index in [4.69, 9.17) is 4.42 Å². The molecule has 1 aromatic heterocycles. The van der Waals surface area contributed by atoms with Gasteiger partial charge in [0.2, 0.25) is 23.5 Å². The van der Waals surface area contributed by atoms with Gasteiger partial charge in [-0.1, -0.05) is 58.0 Å². The monoisotopic (exact) mass is 605 g/mol. The molecule has 0 radical (unpaired) electrons. The van der Waals surface area contributed by atoms with Crippen LogP contribution in [0.3, 0.4) is 0 Å². The molecule has 1 fully saturated rings. The summed E-state index contributed by atoms with van der Waals surface area (Å²) in [6.45, 7) is 11.2. The van der Waals surface area contributed by atoms with E-state index in [2.05, 4.69) is 20.8 Å². The third kappa shape index (κ3) is 7.03. The Hall–Kier alpha value is -4.41. The van der Waals surface area contributed by atoms with E-state index in [1.54, 1.807) is 56.3 Å². The number of ketones is 1. The molecule has 1 saturated heterocycles. The van der Waals surface area contributed by atoms with Crippen molar-refractivity contribution in [2.75, 3.05) is 6.54 Å². The number of carbonyl (C=O) groups excluding carboxylic acids is 4. The van der Waals surface area contributed by atoms with Gasteiger partial charge in [-0.2, -0.15) is 0 Å². The second-order valence-electron chi connectivity index (χ2n) is 12.4. The molecule has 234 valence electrons. The summed E-state index contributed by atoms with van der Waals surface area (Å²) in [4.78, 5) is 55.1. The lowest BCUT2D eigenvalue weighted by Crippen LogP contribution is -2.57. The fraction of sp³-hybridized carbons (Fsp3) is 0.455. The number of nitrogens with one attached hydrogen (secondary N) is 2. The Labute approximate surface area is 256 Å². The van der Waals surface area contributed by atoms with Crippen molar-refractivity contribution in [2.45, 2.75) is 77.9 Å². The highest BCUT2D eigenvalue weighted by atomic mass is 19.1. The summed E-state index contributed by atoms with van der Waals surface area (Å²) < 4.78 is 19.3. The Bertz CT molecular complexity index is 1490. The average Bonchev–Trinajstić information content (AvgIpc) is 3.69. The fourth-order valence-electron chi connectivity index (χ4n) is 5.29. The molecule has 3 atom stereocenters. The first-order valence-corrected chi connectivity index (χ1v) is 14.9. The van der Waals surface area contributed by atoms with Gasteiger partial charge in [0.15, 0.2) is 0 Å². The SMILES string of the molecule is CC(C)C(NC(=O)[C@@H]1CCCN1C(=O)[C@@H](NC(=O)c1ccccc1)C(C)C)C(=O)c1nnc(C(C)(C)c2ccc(F)cc2)o1. The standard InChI is InChI=1S/C33H40FN5O5/c1-19(2)25(27(40)30-37-38-32(44-30)33(5,6)22-14-16-23(34)17-15-22)35-29(42)24-13-10-18-39(24)31(43)26(20(3)4)36-28(41)21-11-8-7-9-12-21/h7-9,11-12,14-17,19-20,24-26H,10,13,18H2,1-6H3,(H,35,42)(H,36,41)/t24-,25?,26-/m0/s1. The highest BCUT2D eigenvalue weighted by Gasteiger charge is 2.41. The minimum Gasteiger partial charge on any atom is -0.417 e. The van der Waals surface area contributed by atoms with Crippen LogP contribution < -0.4 is 10.6 Å². The number of Topliss-reactive ketones (excluding diaryl/α,β-unsaturated/α-hetero) is 1. The lowest BCUT2D eigenvalue weighted by molar-refractivity contribution is -0.140. The Kier molecular flexibility index (Phi) is 9.96. The van der Waals surface area contributed by atoms with Gasteiger partial charge < -0.3 is 20.0 Å². The van der Waals surface area contributed by atoms with Crippen LogP contribution in [-0.4, -0.2) is 63.3 Å². The Morgan fingerprint density at radius 2 is 1.55 bits per heavy atom. The van der Waals surface area contributed by atoms with Crippen LogP contribution in [0.25, 0.3) is 0 Å². The Morgan fingerprint density at radius 3 is 2.16 bits per heavy atom. The van der Waals surface area contributed by atoms with Crippen LogP contribution in [0.5, 0.6) is 0 Å². The molecular formula is C33H40FN5O5. The summed E-state index contributed by atoms with van der Waals surface area (Å²) in [6.07, 6.45) is 1.03. The van der Waals surface area contributed by atoms with Gasteiger partial charge in [-0.05, 0) is 68.4 Å². The smallest absolute Gasteiger partial charge is 0.286 e. The highest BCUT2D eigenvalue weighted by Crippen LogP contribution is 2.31. The maximum atomic E-state index is 13.7. The quantitative estimate of drug-likeness (QED) is 0.311. The molecule has 0 saturated carbocycles. The molecule has 1 aliphatic rings. The van der Waals surface area contributed by atoms with Gasteiger partial charge in [0, 0.05) is 12.1 Å². The average molecular weight is 606 g/mol. The van der Waals surface area contributed by atoms with Crippen molar-refractivity contribution in [1.29, 1.82) is 0 Å². The van der Waals surface area contributed by atoms with Crippen LogP contribution in [0, 0.1) is 17.7 Å². The van der Waals surface area contributed by atoms with Crippen LogP contribution in [0.4, 0.5) is 4.39 Å². The van der Waals surface area contributed by atoms with Gasteiger partial charge in [0.25, 0.3) is 11.8 Å². The van der Waals surface area contributed by atoms with Crippen LogP contribution in [0.15, 0.2) is 59.0 Å². The predicted octanol–water partition coefficient (Wildman–Crippen LogP) is 4.30. The molecule has 1 unspecified atom stereocenters. The number of nitrogens with zero attached hydrogens (tertiary/aromatic N) is 3. The van der Waals surface area contributed by atoms with Gasteiger partial charge in [-0.25, -0.2) is 4.39 Å². The summed E-state index contributed by atoms with van der Waals surface area (Å²) in [5.41, 5.74) is 0.356. The maximum Gasteiger partial charge on any atom is 0.286 e. The van der Waals surface area contributed by atoms with E-state index in [0.717, 1.165) is 5.56 Å². The molecule has 0 aliphatic carbocycles. The van der Waals surface area contributed by atoms with E-state index < -0.39 is 35.2 Å². The van der Waals surface area contributed by atoms with Gasteiger partial charge in [0.1, 0.15) is 17.9 Å². The first-order valence-electron chi connectivity index (χ1n) is 14.9. The molecule has 0 bridgehead atoms. The second-order valence-corrected chi connectivity index (χ2v) is 12.4. The molecule has 0 spiro atoms. The molecule has 1 aliphatic heterocycles. The number of halogens is 1. The van der Waals surface area contributed by atoms with Crippen LogP contribution in [0.1, 0.15) is 86.9 Å². The van der Waals surface area contributed by atoms with Crippen molar-refractivity contribution in [3.8, 4) is 0 Å². The number of amides is 3. The van der Waals surface area contributed by atoms with Crippen molar-refractivity contribution in [2.24, 2.45) is 11.8 Å². The number of hydrogen-bond donors (Lipinski definition) is 2. The number of rotatable bonds is 11. The molecular weight excluding hydrogens is 565 g/mol. The van der Waals surface area contributed by atoms with E-state index in [1.165, 1.54) is 17.0 Å². The van der Waals surface area contributed by atoms with Crippen molar-refractivity contribution < 1.29 is 28.0 Å². The number of aromatic nitrogens is 2. The van der Waals surface area contributed by atoms with Gasteiger partial charge in [0.05, 0.1) is 11.5 Å². The number of likely N-dealkylation sites (tertiary alicyclic amines) is 1. The number of hydrogen-bond acceptors (Lipinski definition) is 7. The van der Waals surface area contributed by atoms with Crippen molar-refractivity contribution >= 4 is 23.5 Å². The summed E-state index contributed by atoms with van der Waals surface area (Å²) in [6, 6.07) is 11.9. The van der Waals surface area contributed by atoms with E-state index in [-0.39, 0.29) is 41.2 Å². The zero-order chi connectivity index (χ0) is 32.2. The zero-order valence-electron chi connectivity index (χ0n) is 26.0. The van der Waals surface area contributed by atoms with E-state index in [9.17, 15) is 23.6 Å². The molecule has 11 heteroatoms.